The second-order valence-corrected chi connectivity index (χ2v) is 10.1. The van der Waals surface area contributed by atoms with Crippen molar-refractivity contribution in [3.05, 3.63) is 53.6 Å². The van der Waals surface area contributed by atoms with Crippen LogP contribution in [0.1, 0.15) is 49.3 Å². The Hall–Kier alpha value is -2.32. The van der Waals surface area contributed by atoms with Gasteiger partial charge in [0.15, 0.2) is 0 Å². The summed E-state index contributed by atoms with van der Waals surface area (Å²) in [5, 5.41) is 0. The summed E-state index contributed by atoms with van der Waals surface area (Å²) in [5.74, 6) is -0.144. The zero-order valence-electron chi connectivity index (χ0n) is 17.4. The van der Waals surface area contributed by atoms with Crippen molar-refractivity contribution in [3.8, 4) is 0 Å². The second-order valence-electron chi connectivity index (χ2n) is 8.21. The van der Waals surface area contributed by atoms with Gasteiger partial charge in [0.05, 0.1) is 16.2 Å². The van der Waals surface area contributed by atoms with Crippen LogP contribution < -0.4 is 0 Å². The first-order valence-corrected chi connectivity index (χ1v) is 11.3. The minimum absolute atomic E-state index is 0.0349. The summed E-state index contributed by atoms with van der Waals surface area (Å²) < 4.78 is 27.4. The molecule has 1 amide bonds. The molecule has 1 saturated heterocycles. The largest absolute Gasteiger partial charge is 0.336 e. The van der Waals surface area contributed by atoms with Crippen LogP contribution in [-0.4, -0.2) is 59.7 Å². The Balaban J connectivity index is 1.70. The third-order valence-electron chi connectivity index (χ3n) is 5.24. The van der Waals surface area contributed by atoms with E-state index in [4.69, 9.17) is 0 Å². The van der Waals surface area contributed by atoms with Gasteiger partial charge in [0.25, 0.3) is 5.91 Å². The number of aryl methyl sites for hydroxylation is 1. The fraction of sp³-hybridized carbons (Fsp3) is 0.476. The first-order chi connectivity index (χ1) is 13.6. The van der Waals surface area contributed by atoms with Crippen molar-refractivity contribution >= 4 is 15.9 Å². The highest BCUT2D eigenvalue weighted by atomic mass is 32.2. The molecule has 156 valence electrons. The van der Waals surface area contributed by atoms with Crippen LogP contribution in [-0.2, 0) is 21.9 Å². The van der Waals surface area contributed by atoms with Gasteiger partial charge in [-0.05, 0) is 29.5 Å². The normalized spacial score (nSPS) is 16.1. The first kappa shape index (κ1) is 21.4. The number of hydrogen-bond acceptors (Lipinski definition) is 5. The molecule has 1 fully saturated rings. The quantitative estimate of drug-likeness (QED) is 0.765. The van der Waals surface area contributed by atoms with Crippen LogP contribution in [0, 0.1) is 0 Å². The van der Waals surface area contributed by atoms with E-state index in [0.29, 0.717) is 30.8 Å². The standard InChI is InChI=1S/C21H28N4O3S/c1-5-19-18(14-22-15-23-19)20(26)24-10-12-25(13-11-24)29(27,28)17-8-6-16(7-9-17)21(2,3)4/h6-9,14-15H,5,10-13H2,1-4H3. The van der Waals surface area contributed by atoms with E-state index in [-0.39, 0.29) is 29.3 Å². The van der Waals surface area contributed by atoms with Crippen LogP contribution in [0.15, 0.2) is 41.7 Å². The van der Waals surface area contributed by atoms with Gasteiger partial charge in [-0.2, -0.15) is 4.31 Å². The highest BCUT2D eigenvalue weighted by Gasteiger charge is 2.31. The summed E-state index contributed by atoms with van der Waals surface area (Å²) in [7, 11) is -3.58. The molecular weight excluding hydrogens is 388 g/mol. The number of piperazine rings is 1. The zero-order valence-corrected chi connectivity index (χ0v) is 18.2. The number of benzene rings is 1. The third kappa shape index (κ3) is 4.48. The van der Waals surface area contributed by atoms with E-state index in [1.807, 2.05) is 19.1 Å². The average Bonchev–Trinajstić information content (AvgIpc) is 2.72. The predicted octanol–water partition coefficient (Wildman–Crippen LogP) is 2.48. The van der Waals surface area contributed by atoms with E-state index in [1.54, 1.807) is 17.0 Å². The second kappa shape index (κ2) is 8.20. The molecule has 0 aliphatic carbocycles. The summed E-state index contributed by atoms with van der Waals surface area (Å²) in [6.45, 7) is 9.44. The summed E-state index contributed by atoms with van der Waals surface area (Å²) >= 11 is 0. The molecule has 3 rings (SSSR count). The molecule has 2 aromatic rings. The van der Waals surface area contributed by atoms with Crippen molar-refractivity contribution in [2.24, 2.45) is 0 Å². The highest BCUT2D eigenvalue weighted by Crippen LogP contribution is 2.25. The average molecular weight is 417 g/mol. The monoisotopic (exact) mass is 416 g/mol. The summed E-state index contributed by atoms with van der Waals surface area (Å²) in [5.41, 5.74) is 2.25. The number of carbonyl (C=O) groups is 1. The molecule has 0 unspecified atom stereocenters. The molecule has 7 nitrogen and oxygen atoms in total. The topological polar surface area (TPSA) is 83.5 Å². The molecule has 0 bridgehead atoms. The molecule has 1 aromatic heterocycles. The van der Waals surface area contributed by atoms with Crippen LogP contribution in [0.2, 0.25) is 0 Å². The number of amides is 1. The van der Waals surface area contributed by atoms with Crippen LogP contribution in [0.3, 0.4) is 0 Å². The lowest BCUT2D eigenvalue weighted by Crippen LogP contribution is -2.50. The van der Waals surface area contributed by atoms with Gasteiger partial charge < -0.3 is 4.90 Å². The molecule has 1 aromatic carbocycles. The number of hydrogen-bond donors (Lipinski definition) is 0. The third-order valence-corrected chi connectivity index (χ3v) is 7.16. The lowest BCUT2D eigenvalue weighted by molar-refractivity contribution is 0.0695. The highest BCUT2D eigenvalue weighted by molar-refractivity contribution is 7.89. The Labute approximate surface area is 172 Å². The lowest BCUT2D eigenvalue weighted by atomic mass is 9.87. The summed E-state index contributed by atoms with van der Waals surface area (Å²) in [6, 6.07) is 7.08. The van der Waals surface area contributed by atoms with Crippen molar-refractivity contribution in [3.63, 3.8) is 0 Å². The number of aromatic nitrogens is 2. The first-order valence-electron chi connectivity index (χ1n) is 9.83. The van der Waals surface area contributed by atoms with Gasteiger partial charge in [0.2, 0.25) is 10.0 Å². The van der Waals surface area contributed by atoms with Gasteiger partial charge in [-0.1, -0.05) is 39.8 Å². The molecule has 0 atom stereocenters. The maximum absolute atomic E-state index is 13.0. The van der Waals surface area contributed by atoms with Gasteiger partial charge in [-0.15, -0.1) is 0 Å². The van der Waals surface area contributed by atoms with Crippen LogP contribution >= 0.6 is 0 Å². The molecule has 2 heterocycles. The Kier molecular flexibility index (Phi) is 6.05. The van der Waals surface area contributed by atoms with E-state index < -0.39 is 10.0 Å². The van der Waals surface area contributed by atoms with E-state index in [9.17, 15) is 13.2 Å². The fourth-order valence-corrected chi connectivity index (χ4v) is 4.82. The number of nitrogens with zero attached hydrogens (tertiary/aromatic N) is 4. The zero-order chi connectivity index (χ0) is 21.2. The Morgan fingerprint density at radius 3 is 2.24 bits per heavy atom. The van der Waals surface area contributed by atoms with Crippen LogP contribution in [0.4, 0.5) is 0 Å². The molecule has 0 saturated carbocycles. The van der Waals surface area contributed by atoms with Gasteiger partial charge in [0, 0.05) is 32.4 Å². The van der Waals surface area contributed by atoms with Gasteiger partial charge in [-0.25, -0.2) is 18.4 Å². The van der Waals surface area contributed by atoms with Crippen molar-refractivity contribution in [2.45, 2.75) is 44.4 Å². The molecule has 0 spiro atoms. The number of rotatable bonds is 4. The van der Waals surface area contributed by atoms with E-state index in [0.717, 1.165) is 5.56 Å². The van der Waals surface area contributed by atoms with Crippen molar-refractivity contribution in [1.29, 1.82) is 0 Å². The minimum atomic E-state index is -3.58. The van der Waals surface area contributed by atoms with Crippen LogP contribution in [0.5, 0.6) is 0 Å². The number of sulfonamides is 1. The van der Waals surface area contributed by atoms with Gasteiger partial charge in [-0.3, -0.25) is 4.79 Å². The SMILES string of the molecule is CCc1ncncc1C(=O)N1CCN(S(=O)(=O)c2ccc(C(C)(C)C)cc2)CC1. The molecule has 0 N–H and O–H groups in total. The molecule has 8 heteroatoms. The smallest absolute Gasteiger partial charge is 0.257 e. The van der Waals surface area contributed by atoms with Crippen molar-refractivity contribution in [1.82, 2.24) is 19.2 Å². The maximum atomic E-state index is 13.0. The van der Waals surface area contributed by atoms with E-state index in [2.05, 4.69) is 30.7 Å². The predicted molar refractivity (Wildman–Crippen MR) is 111 cm³/mol. The Morgan fingerprint density at radius 2 is 1.69 bits per heavy atom. The molecular formula is C21H28N4O3S. The Bertz CT molecular complexity index is 974. The molecule has 1 aliphatic rings. The summed E-state index contributed by atoms with van der Waals surface area (Å²) in [4.78, 5) is 22.9. The number of carbonyl (C=O) groups excluding carboxylic acids is 1. The van der Waals surface area contributed by atoms with Crippen LogP contribution in [0.25, 0.3) is 0 Å². The van der Waals surface area contributed by atoms with Gasteiger partial charge in [0.1, 0.15) is 6.33 Å². The lowest BCUT2D eigenvalue weighted by Gasteiger charge is -2.34. The molecule has 29 heavy (non-hydrogen) atoms. The van der Waals surface area contributed by atoms with Crippen molar-refractivity contribution < 1.29 is 13.2 Å². The van der Waals surface area contributed by atoms with E-state index in [1.165, 1.54) is 16.8 Å². The minimum Gasteiger partial charge on any atom is -0.336 e. The molecule has 1 aliphatic heterocycles. The maximum Gasteiger partial charge on any atom is 0.257 e. The van der Waals surface area contributed by atoms with Gasteiger partial charge >= 0.3 is 0 Å². The van der Waals surface area contributed by atoms with E-state index >= 15 is 0 Å². The Morgan fingerprint density at radius 1 is 1.07 bits per heavy atom. The fourth-order valence-electron chi connectivity index (χ4n) is 3.39. The molecule has 0 radical (unpaired) electrons. The van der Waals surface area contributed by atoms with Crippen molar-refractivity contribution in [2.75, 3.05) is 26.2 Å². The summed E-state index contributed by atoms with van der Waals surface area (Å²) in [6.07, 6.45) is 3.61.